The molecule has 2 aromatic carbocycles. The van der Waals surface area contributed by atoms with Crippen LogP contribution in [0.3, 0.4) is 0 Å². The highest BCUT2D eigenvalue weighted by Crippen LogP contribution is 2.14. The maximum absolute atomic E-state index is 12.7. The summed E-state index contributed by atoms with van der Waals surface area (Å²) in [6.07, 6.45) is 2.42. The quantitative estimate of drug-likeness (QED) is 0.611. The van der Waals surface area contributed by atoms with Crippen LogP contribution >= 0.6 is 11.8 Å². The summed E-state index contributed by atoms with van der Waals surface area (Å²) in [5.41, 5.74) is 1.35. The lowest BCUT2D eigenvalue weighted by Gasteiger charge is -2.18. The minimum absolute atomic E-state index is 0.327. The smallest absolute Gasteiger partial charge is 0.337 e. The van der Waals surface area contributed by atoms with Gasteiger partial charge in [0.05, 0.1) is 19.8 Å². The molecular formula is C21H24N2O5S. The van der Waals surface area contributed by atoms with E-state index >= 15 is 0 Å². The van der Waals surface area contributed by atoms with Crippen molar-refractivity contribution in [2.24, 2.45) is 0 Å². The largest absolute Gasteiger partial charge is 0.497 e. The van der Waals surface area contributed by atoms with Crippen LogP contribution in [0.1, 0.15) is 27.1 Å². The van der Waals surface area contributed by atoms with E-state index < -0.39 is 12.0 Å². The number of amides is 2. The highest BCUT2D eigenvalue weighted by molar-refractivity contribution is 7.98. The Hall–Kier alpha value is -3.00. The maximum Gasteiger partial charge on any atom is 0.337 e. The Bertz CT molecular complexity index is 837. The summed E-state index contributed by atoms with van der Waals surface area (Å²) in [7, 11) is 2.86. The molecule has 0 aliphatic rings. The first-order valence-electron chi connectivity index (χ1n) is 8.91. The fraction of sp³-hybridized carbons (Fsp3) is 0.286. The van der Waals surface area contributed by atoms with E-state index in [1.807, 2.05) is 6.26 Å². The third-order valence-corrected chi connectivity index (χ3v) is 4.80. The number of esters is 1. The van der Waals surface area contributed by atoms with Crippen molar-refractivity contribution in [3.05, 3.63) is 59.7 Å². The van der Waals surface area contributed by atoms with Crippen LogP contribution in [-0.4, -0.2) is 50.1 Å². The van der Waals surface area contributed by atoms with Crippen molar-refractivity contribution in [3.63, 3.8) is 0 Å². The van der Waals surface area contributed by atoms with E-state index in [1.54, 1.807) is 67.4 Å². The van der Waals surface area contributed by atoms with Crippen molar-refractivity contribution in [2.75, 3.05) is 31.5 Å². The number of rotatable bonds is 9. The predicted molar refractivity (Wildman–Crippen MR) is 114 cm³/mol. The van der Waals surface area contributed by atoms with Crippen LogP contribution in [-0.2, 0) is 9.53 Å². The van der Waals surface area contributed by atoms with Crippen LogP contribution in [0, 0.1) is 0 Å². The fourth-order valence-corrected chi connectivity index (χ4v) is 3.00. The summed E-state index contributed by atoms with van der Waals surface area (Å²) in [6.45, 7) is 0. The predicted octanol–water partition coefficient (Wildman–Crippen LogP) is 2.97. The molecule has 0 aromatic heterocycles. The van der Waals surface area contributed by atoms with Crippen molar-refractivity contribution >= 4 is 35.2 Å². The highest BCUT2D eigenvalue weighted by Gasteiger charge is 2.21. The van der Waals surface area contributed by atoms with Gasteiger partial charge in [-0.3, -0.25) is 9.59 Å². The van der Waals surface area contributed by atoms with Gasteiger partial charge >= 0.3 is 5.97 Å². The van der Waals surface area contributed by atoms with Gasteiger partial charge in [-0.2, -0.15) is 11.8 Å². The van der Waals surface area contributed by atoms with E-state index in [-0.39, 0.29) is 11.8 Å². The first-order chi connectivity index (χ1) is 14.0. The first-order valence-corrected chi connectivity index (χ1v) is 10.3. The number of ether oxygens (including phenoxy) is 2. The molecule has 2 aromatic rings. The van der Waals surface area contributed by atoms with Crippen LogP contribution in [0.15, 0.2) is 48.5 Å². The second-order valence-corrected chi connectivity index (χ2v) is 7.08. The van der Waals surface area contributed by atoms with Gasteiger partial charge in [-0.15, -0.1) is 0 Å². The zero-order chi connectivity index (χ0) is 21.2. The molecule has 0 aliphatic heterocycles. The van der Waals surface area contributed by atoms with Crippen molar-refractivity contribution in [2.45, 2.75) is 12.5 Å². The Labute approximate surface area is 174 Å². The minimum atomic E-state index is -0.697. The van der Waals surface area contributed by atoms with Crippen LogP contribution in [0.5, 0.6) is 5.75 Å². The van der Waals surface area contributed by atoms with Gasteiger partial charge in [0.15, 0.2) is 0 Å². The highest BCUT2D eigenvalue weighted by atomic mass is 32.2. The molecule has 8 heteroatoms. The number of carbonyl (C=O) groups is 3. The van der Waals surface area contributed by atoms with Gasteiger partial charge in [-0.05, 0) is 67.0 Å². The van der Waals surface area contributed by atoms with Crippen LogP contribution in [0.2, 0.25) is 0 Å². The summed E-state index contributed by atoms with van der Waals surface area (Å²) in [5.74, 6) is 0.241. The molecule has 7 nitrogen and oxygen atoms in total. The van der Waals surface area contributed by atoms with Crippen LogP contribution in [0.4, 0.5) is 5.69 Å². The third kappa shape index (κ3) is 6.53. The fourth-order valence-electron chi connectivity index (χ4n) is 2.53. The van der Waals surface area contributed by atoms with Crippen molar-refractivity contribution < 1.29 is 23.9 Å². The Morgan fingerprint density at radius 2 is 1.59 bits per heavy atom. The van der Waals surface area contributed by atoms with Crippen LogP contribution in [0.25, 0.3) is 0 Å². The molecule has 154 valence electrons. The molecule has 2 amide bonds. The maximum atomic E-state index is 12.7. The molecular weight excluding hydrogens is 392 g/mol. The molecule has 0 radical (unpaired) electrons. The van der Waals surface area contributed by atoms with Crippen molar-refractivity contribution in [1.29, 1.82) is 0 Å². The zero-order valence-corrected chi connectivity index (χ0v) is 17.4. The summed E-state index contributed by atoms with van der Waals surface area (Å²) in [4.78, 5) is 36.8. The third-order valence-electron chi connectivity index (χ3n) is 4.16. The second-order valence-electron chi connectivity index (χ2n) is 6.09. The number of anilines is 1. The monoisotopic (exact) mass is 416 g/mol. The number of hydrogen-bond donors (Lipinski definition) is 2. The number of benzene rings is 2. The number of carbonyl (C=O) groups excluding carboxylic acids is 3. The lowest BCUT2D eigenvalue weighted by molar-refractivity contribution is -0.118. The molecule has 0 saturated heterocycles. The second kappa shape index (κ2) is 11.1. The minimum Gasteiger partial charge on any atom is -0.497 e. The van der Waals surface area contributed by atoms with Gasteiger partial charge in [0.2, 0.25) is 5.91 Å². The molecule has 1 atom stereocenters. The number of nitrogens with one attached hydrogen (secondary N) is 2. The van der Waals surface area contributed by atoms with Crippen molar-refractivity contribution in [3.8, 4) is 5.75 Å². The zero-order valence-electron chi connectivity index (χ0n) is 16.6. The lowest BCUT2D eigenvalue weighted by atomic mass is 10.1. The molecule has 0 saturated carbocycles. The Morgan fingerprint density at radius 1 is 0.966 bits per heavy atom. The number of thioether (sulfide) groups is 1. The summed E-state index contributed by atoms with van der Waals surface area (Å²) < 4.78 is 9.75. The van der Waals surface area contributed by atoms with E-state index in [9.17, 15) is 14.4 Å². The average molecular weight is 416 g/mol. The van der Waals surface area contributed by atoms with Crippen molar-refractivity contribution in [1.82, 2.24) is 5.32 Å². The SMILES string of the molecule is COC(=O)c1ccc(NC(=O)[C@@H](CCSC)NC(=O)c2ccc(OC)cc2)cc1. The summed E-state index contributed by atoms with van der Waals surface area (Å²) in [5, 5.41) is 5.56. The average Bonchev–Trinajstić information content (AvgIpc) is 2.76. The van der Waals surface area contributed by atoms with Gasteiger partial charge in [0.25, 0.3) is 5.91 Å². The van der Waals surface area contributed by atoms with Crippen LogP contribution < -0.4 is 15.4 Å². The standard InChI is InChI=1S/C21H24N2O5S/c1-27-17-10-6-14(7-11-17)19(24)23-18(12-13-29-3)20(25)22-16-8-4-15(5-9-16)21(26)28-2/h4-11,18H,12-13H2,1-3H3,(H,22,25)(H,23,24)/t18-/m1/s1. The topological polar surface area (TPSA) is 93.7 Å². The molecule has 0 fully saturated rings. The molecule has 0 heterocycles. The molecule has 2 N–H and O–H groups in total. The summed E-state index contributed by atoms with van der Waals surface area (Å²) >= 11 is 1.59. The molecule has 0 unspecified atom stereocenters. The molecule has 29 heavy (non-hydrogen) atoms. The molecule has 0 spiro atoms. The van der Waals surface area contributed by atoms with Gasteiger partial charge in [0.1, 0.15) is 11.8 Å². The van der Waals surface area contributed by atoms with Gasteiger partial charge < -0.3 is 20.1 Å². The Balaban J connectivity index is 2.06. The first kappa shape index (κ1) is 22.3. The van der Waals surface area contributed by atoms with E-state index in [1.165, 1.54) is 7.11 Å². The normalized spacial score (nSPS) is 11.3. The Kier molecular flexibility index (Phi) is 8.54. The van der Waals surface area contributed by atoms with E-state index in [4.69, 9.17) is 4.74 Å². The number of hydrogen-bond acceptors (Lipinski definition) is 6. The summed E-state index contributed by atoms with van der Waals surface area (Å²) in [6, 6.07) is 12.3. The Morgan fingerprint density at radius 3 is 2.14 bits per heavy atom. The van der Waals surface area contributed by atoms with Gasteiger partial charge in [0, 0.05) is 11.3 Å². The van der Waals surface area contributed by atoms with E-state index in [0.29, 0.717) is 34.7 Å². The number of methoxy groups -OCH3 is 2. The van der Waals surface area contributed by atoms with Gasteiger partial charge in [-0.25, -0.2) is 4.79 Å². The molecule has 0 bridgehead atoms. The van der Waals surface area contributed by atoms with Gasteiger partial charge in [-0.1, -0.05) is 0 Å². The lowest BCUT2D eigenvalue weighted by Crippen LogP contribution is -2.44. The van der Waals surface area contributed by atoms with E-state index in [0.717, 1.165) is 0 Å². The molecule has 2 rings (SSSR count). The molecule has 0 aliphatic carbocycles. The van der Waals surface area contributed by atoms with E-state index in [2.05, 4.69) is 15.4 Å².